The summed E-state index contributed by atoms with van der Waals surface area (Å²) in [4.78, 5) is 23.8. The van der Waals surface area contributed by atoms with Crippen molar-refractivity contribution in [3.8, 4) is 11.5 Å². The largest absolute Gasteiger partial charge is 0.508 e. The van der Waals surface area contributed by atoms with Gasteiger partial charge < -0.3 is 20.6 Å². The molecule has 0 spiro atoms. The van der Waals surface area contributed by atoms with Gasteiger partial charge in [-0.3, -0.25) is 4.79 Å². The number of thiophene rings is 1. The molecule has 0 saturated carbocycles. The normalized spacial score (nSPS) is 10.2. The number of carboxylic acids is 1. The number of carboxylic acid groups (broad SMARTS) is 1. The number of aryl methyl sites for hydroxylation is 1. The van der Waals surface area contributed by atoms with Gasteiger partial charge in [0.2, 0.25) is 0 Å². The Morgan fingerprint density at radius 3 is 2.25 bits per heavy atom. The van der Waals surface area contributed by atoms with Gasteiger partial charge in [0, 0.05) is 16.5 Å². The number of phenols is 2. The molecule has 6 nitrogen and oxygen atoms in total. The van der Waals surface area contributed by atoms with Crippen LogP contribution in [-0.4, -0.2) is 27.2 Å². The number of nitrogens with one attached hydrogen (secondary N) is 1. The molecule has 104 valence electrons. The van der Waals surface area contributed by atoms with E-state index in [0.717, 1.165) is 22.3 Å². The lowest BCUT2D eigenvalue weighted by Gasteiger charge is -2.05. The Hall–Kier alpha value is -2.54. The van der Waals surface area contributed by atoms with Crippen LogP contribution in [0.4, 0.5) is 5.00 Å². The van der Waals surface area contributed by atoms with Gasteiger partial charge in [-0.25, -0.2) is 4.79 Å². The van der Waals surface area contributed by atoms with E-state index < -0.39 is 11.9 Å². The van der Waals surface area contributed by atoms with Crippen molar-refractivity contribution in [2.24, 2.45) is 0 Å². The number of amides is 1. The number of benzene rings is 1. The Morgan fingerprint density at radius 1 is 1.10 bits per heavy atom. The van der Waals surface area contributed by atoms with E-state index in [2.05, 4.69) is 5.32 Å². The summed E-state index contributed by atoms with van der Waals surface area (Å²) >= 11 is 1.14. The molecular weight excluding hydrogens is 282 g/mol. The maximum Gasteiger partial charge on any atom is 0.338 e. The summed E-state index contributed by atoms with van der Waals surface area (Å²) in [6, 6.07) is 4.91. The molecule has 20 heavy (non-hydrogen) atoms. The fraction of sp³-hybridized carbons (Fsp3) is 0.0769. The van der Waals surface area contributed by atoms with Crippen molar-refractivity contribution in [2.75, 3.05) is 5.32 Å². The molecule has 0 radical (unpaired) electrons. The molecule has 0 atom stereocenters. The summed E-state index contributed by atoms with van der Waals surface area (Å²) in [7, 11) is 0. The van der Waals surface area contributed by atoms with Crippen LogP contribution in [0, 0.1) is 6.92 Å². The summed E-state index contributed by atoms with van der Waals surface area (Å²) < 4.78 is 0. The number of carbonyl (C=O) groups is 2. The highest BCUT2D eigenvalue weighted by molar-refractivity contribution is 7.16. The molecule has 2 aromatic rings. The van der Waals surface area contributed by atoms with E-state index in [1.54, 1.807) is 6.92 Å². The van der Waals surface area contributed by atoms with Crippen LogP contribution in [0.15, 0.2) is 24.3 Å². The van der Waals surface area contributed by atoms with Gasteiger partial charge in [0.05, 0.1) is 5.56 Å². The van der Waals surface area contributed by atoms with Crippen LogP contribution < -0.4 is 5.32 Å². The standard InChI is InChI=1S/C13H11NO5S/c1-6-2-10(13(18)19)12(20-6)14-11(17)7-3-8(15)5-9(16)4-7/h2-5,15-16H,1H3,(H,14,17)(H,18,19). The fourth-order valence-corrected chi connectivity index (χ4v) is 2.57. The number of aromatic hydroxyl groups is 2. The average Bonchev–Trinajstić information content (AvgIpc) is 2.69. The van der Waals surface area contributed by atoms with Crippen LogP contribution in [0.3, 0.4) is 0 Å². The van der Waals surface area contributed by atoms with Crippen molar-refractivity contribution in [3.63, 3.8) is 0 Å². The van der Waals surface area contributed by atoms with E-state index >= 15 is 0 Å². The maximum atomic E-state index is 12.0. The smallest absolute Gasteiger partial charge is 0.338 e. The third-order valence-electron chi connectivity index (χ3n) is 2.48. The molecule has 0 saturated heterocycles. The Labute approximate surface area is 117 Å². The highest BCUT2D eigenvalue weighted by Crippen LogP contribution is 2.29. The van der Waals surface area contributed by atoms with Gasteiger partial charge in [0.1, 0.15) is 16.5 Å². The molecule has 1 aromatic carbocycles. The number of anilines is 1. The van der Waals surface area contributed by atoms with E-state index in [-0.39, 0.29) is 27.6 Å². The lowest BCUT2D eigenvalue weighted by molar-refractivity contribution is 0.0698. The van der Waals surface area contributed by atoms with E-state index in [1.807, 2.05) is 0 Å². The van der Waals surface area contributed by atoms with Crippen molar-refractivity contribution < 1.29 is 24.9 Å². The van der Waals surface area contributed by atoms with Gasteiger partial charge in [-0.2, -0.15) is 0 Å². The summed E-state index contributed by atoms with van der Waals surface area (Å²) in [5.41, 5.74) is 0.0371. The van der Waals surface area contributed by atoms with Crippen LogP contribution in [-0.2, 0) is 0 Å². The van der Waals surface area contributed by atoms with Crippen molar-refractivity contribution in [3.05, 3.63) is 40.3 Å². The van der Waals surface area contributed by atoms with Gasteiger partial charge in [-0.1, -0.05) is 0 Å². The third kappa shape index (κ3) is 2.89. The first kappa shape index (κ1) is 13.9. The van der Waals surface area contributed by atoms with Crippen molar-refractivity contribution in [2.45, 2.75) is 6.92 Å². The first-order valence-corrected chi connectivity index (χ1v) is 6.36. The summed E-state index contributed by atoms with van der Waals surface area (Å²) in [5, 5.41) is 30.3. The minimum atomic E-state index is -1.14. The minimum Gasteiger partial charge on any atom is -0.508 e. The summed E-state index contributed by atoms with van der Waals surface area (Å²) in [5.74, 6) is -2.25. The second kappa shape index (κ2) is 5.22. The molecule has 0 aliphatic heterocycles. The monoisotopic (exact) mass is 293 g/mol. The lowest BCUT2D eigenvalue weighted by Crippen LogP contribution is -2.13. The zero-order chi connectivity index (χ0) is 14.9. The number of phenolic OH excluding ortho intramolecular Hbond substituents is 2. The number of hydrogen-bond acceptors (Lipinski definition) is 5. The zero-order valence-corrected chi connectivity index (χ0v) is 11.2. The molecule has 0 unspecified atom stereocenters. The molecule has 1 aromatic heterocycles. The molecule has 1 heterocycles. The molecule has 4 N–H and O–H groups in total. The summed E-state index contributed by atoms with van der Waals surface area (Å²) in [6.07, 6.45) is 0. The van der Waals surface area contributed by atoms with E-state index in [1.165, 1.54) is 18.2 Å². The average molecular weight is 293 g/mol. The Kier molecular flexibility index (Phi) is 3.62. The predicted molar refractivity (Wildman–Crippen MR) is 73.7 cm³/mol. The third-order valence-corrected chi connectivity index (χ3v) is 3.44. The Balaban J connectivity index is 2.30. The van der Waals surface area contributed by atoms with Gasteiger partial charge >= 0.3 is 5.97 Å². The van der Waals surface area contributed by atoms with Gasteiger partial charge in [-0.05, 0) is 25.1 Å². The second-order valence-electron chi connectivity index (χ2n) is 4.10. The van der Waals surface area contributed by atoms with Gasteiger partial charge in [-0.15, -0.1) is 11.3 Å². The van der Waals surface area contributed by atoms with E-state index in [0.29, 0.717) is 0 Å². The zero-order valence-electron chi connectivity index (χ0n) is 10.4. The van der Waals surface area contributed by atoms with E-state index in [9.17, 15) is 19.8 Å². The van der Waals surface area contributed by atoms with E-state index in [4.69, 9.17) is 5.11 Å². The van der Waals surface area contributed by atoms with Crippen LogP contribution in [0.2, 0.25) is 0 Å². The van der Waals surface area contributed by atoms with Crippen LogP contribution in [0.25, 0.3) is 0 Å². The maximum absolute atomic E-state index is 12.0. The Bertz CT molecular complexity index is 672. The van der Waals surface area contributed by atoms with Gasteiger partial charge in [0.15, 0.2) is 0 Å². The molecule has 7 heteroatoms. The van der Waals surface area contributed by atoms with Gasteiger partial charge in [0.25, 0.3) is 5.91 Å². The van der Waals surface area contributed by atoms with Crippen LogP contribution in [0.1, 0.15) is 25.6 Å². The first-order valence-electron chi connectivity index (χ1n) is 5.55. The highest BCUT2D eigenvalue weighted by atomic mass is 32.1. The molecule has 0 bridgehead atoms. The van der Waals surface area contributed by atoms with Crippen molar-refractivity contribution in [1.82, 2.24) is 0 Å². The lowest BCUT2D eigenvalue weighted by atomic mass is 10.2. The fourth-order valence-electron chi connectivity index (χ4n) is 1.67. The molecular formula is C13H11NO5S. The van der Waals surface area contributed by atoms with Crippen LogP contribution >= 0.6 is 11.3 Å². The minimum absolute atomic E-state index is 0.00484. The summed E-state index contributed by atoms with van der Waals surface area (Å²) in [6.45, 7) is 1.73. The highest BCUT2D eigenvalue weighted by Gasteiger charge is 2.17. The first-order chi connectivity index (χ1) is 9.36. The topological polar surface area (TPSA) is 107 Å². The number of rotatable bonds is 3. The second-order valence-corrected chi connectivity index (χ2v) is 5.35. The molecule has 1 amide bonds. The predicted octanol–water partition coefficient (Wildman–Crippen LogP) is 2.42. The molecule has 2 rings (SSSR count). The molecule has 0 aliphatic rings. The Morgan fingerprint density at radius 2 is 1.70 bits per heavy atom. The number of carbonyl (C=O) groups excluding carboxylic acids is 1. The van der Waals surface area contributed by atoms with Crippen molar-refractivity contribution in [1.29, 1.82) is 0 Å². The van der Waals surface area contributed by atoms with Crippen LogP contribution in [0.5, 0.6) is 11.5 Å². The number of aromatic carboxylic acids is 1. The molecule has 0 fully saturated rings. The molecule has 0 aliphatic carbocycles. The SMILES string of the molecule is Cc1cc(C(=O)O)c(NC(=O)c2cc(O)cc(O)c2)s1. The quantitative estimate of drug-likeness (QED) is 0.695. The number of hydrogen-bond donors (Lipinski definition) is 4. The van der Waals surface area contributed by atoms with Crippen molar-refractivity contribution >= 4 is 28.2 Å².